The number of nitrogens with zero attached hydrogens (tertiary/aromatic N) is 3. The number of pyridine rings is 1. The second kappa shape index (κ2) is 7.23. The summed E-state index contributed by atoms with van der Waals surface area (Å²) in [4.78, 5) is 9.61. The summed E-state index contributed by atoms with van der Waals surface area (Å²) in [6, 6.07) is 4.45. The van der Waals surface area contributed by atoms with Gasteiger partial charge in [-0.15, -0.1) is 0 Å². The normalized spacial score (nSPS) is 19.4. The van der Waals surface area contributed by atoms with Gasteiger partial charge >= 0.3 is 0 Å². The molecule has 2 rings (SSSR count). The molecule has 0 saturated carbocycles. The summed E-state index contributed by atoms with van der Waals surface area (Å²) >= 11 is 0. The number of rotatable bonds is 6. The Balaban J connectivity index is 2.12. The van der Waals surface area contributed by atoms with Gasteiger partial charge in [-0.3, -0.25) is 0 Å². The molecule has 0 aromatic carbocycles. The van der Waals surface area contributed by atoms with E-state index in [1.54, 1.807) is 0 Å². The average molecular weight is 290 g/mol. The van der Waals surface area contributed by atoms with Crippen LogP contribution < -0.4 is 10.2 Å². The summed E-state index contributed by atoms with van der Waals surface area (Å²) < 4.78 is 0. The Morgan fingerprint density at radius 1 is 1.43 bits per heavy atom. The van der Waals surface area contributed by atoms with Gasteiger partial charge in [-0.25, -0.2) is 4.98 Å². The van der Waals surface area contributed by atoms with Crippen molar-refractivity contribution in [3.8, 4) is 0 Å². The number of nitrogens with one attached hydrogen (secondary N) is 1. The summed E-state index contributed by atoms with van der Waals surface area (Å²) in [5, 5.41) is 3.24. The third kappa shape index (κ3) is 4.42. The van der Waals surface area contributed by atoms with Gasteiger partial charge in [0.2, 0.25) is 0 Å². The van der Waals surface area contributed by atoms with Crippen LogP contribution >= 0.6 is 0 Å². The zero-order valence-electron chi connectivity index (χ0n) is 14.2. The summed E-state index contributed by atoms with van der Waals surface area (Å²) in [6.07, 6.45) is 1.30. The fourth-order valence-electron chi connectivity index (χ4n) is 3.05. The van der Waals surface area contributed by atoms with Gasteiger partial charge in [0.1, 0.15) is 5.82 Å². The summed E-state index contributed by atoms with van der Waals surface area (Å²) in [5.41, 5.74) is 2.51. The van der Waals surface area contributed by atoms with E-state index in [0.717, 1.165) is 24.8 Å². The molecule has 1 atom stereocenters. The lowest BCUT2D eigenvalue weighted by Gasteiger charge is -2.24. The van der Waals surface area contributed by atoms with Gasteiger partial charge in [0, 0.05) is 32.4 Å². The largest absolute Gasteiger partial charge is 0.359 e. The maximum atomic E-state index is 4.86. The lowest BCUT2D eigenvalue weighted by Crippen LogP contribution is -2.28. The molecule has 4 nitrogen and oxygen atoms in total. The first-order chi connectivity index (χ1) is 9.99. The molecule has 1 aromatic rings. The van der Waals surface area contributed by atoms with Gasteiger partial charge in [0.15, 0.2) is 0 Å². The fourth-order valence-corrected chi connectivity index (χ4v) is 3.05. The minimum absolute atomic E-state index is 0.464. The third-order valence-electron chi connectivity index (χ3n) is 4.28. The van der Waals surface area contributed by atoms with E-state index in [9.17, 15) is 0 Å². The van der Waals surface area contributed by atoms with Crippen molar-refractivity contribution in [3.63, 3.8) is 0 Å². The molecule has 2 heterocycles. The number of hydrogen-bond acceptors (Lipinski definition) is 4. The maximum Gasteiger partial charge on any atom is 0.128 e. The Morgan fingerprint density at radius 3 is 2.76 bits per heavy atom. The molecule has 1 N–H and O–H groups in total. The maximum absolute atomic E-state index is 4.86. The molecule has 0 bridgehead atoms. The molecule has 1 unspecified atom stereocenters. The molecule has 1 saturated heterocycles. The minimum Gasteiger partial charge on any atom is -0.359 e. The van der Waals surface area contributed by atoms with Gasteiger partial charge in [0.05, 0.1) is 0 Å². The Hall–Kier alpha value is -1.13. The number of likely N-dealkylation sites (tertiary alicyclic amines) is 1. The zero-order chi connectivity index (χ0) is 15.4. The molecule has 0 aliphatic carbocycles. The SMILES string of the molecule is CNCc1cc(C(C)C)nc(N(C)CC2CCN(C)C2)c1. The van der Waals surface area contributed by atoms with Crippen LogP contribution in [0.3, 0.4) is 0 Å². The quantitative estimate of drug-likeness (QED) is 0.871. The van der Waals surface area contributed by atoms with Crippen molar-refractivity contribution >= 4 is 5.82 Å². The average Bonchev–Trinajstić information content (AvgIpc) is 2.84. The second-order valence-electron chi connectivity index (χ2n) is 6.74. The first kappa shape index (κ1) is 16.2. The Kier molecular flexibility index (Phi) is 5.59. The highest BCUT2D eigenvalue weighted by atomic mass is 15.2. The van der Waals surface area contributed by atoms with Crippen molar-refractivity contribution in [1.29, 1.82) is 0 Å². The van der Waals surface area contributed by atoms with Gasteiger partial charge < -0.3 is 15.1 Å². The van der Waals surface area contributed by atoms with Crippen LogP contribution in [0.1, 0.15) is 37.4 Å². The highest BCUT2D eigenvalue weighted by Gasteiger charge is 2.21. The lowest BCUT2D eigenvalue weighted by molar-refractivity contribution is 0.395. The van der Waals surface area contributed by atoms with E-state index >= 15 is 0 Å². The third-order valence-corrected chi connectivity index (χ3v) is 4.28. The van der Waals surface area contributed by atoms with Crippen molar-refractivity contribution in [2.24, 2.45) is 5.92 Å². The van der Waals surface area contributed by atoms with Crippen molar-refractivity contribution in [2.45, 2.75) is 32.7 Å². The topological polar surface area (TPSA) is 31.4 Å². The molecule has 118 valence electrons. The van der Waals surface area contributed by atoms with E-state index in [1.165, 1.54) is 30.8 Å². The van der Waals surface area contributed by atoms with Crippen molar-refractivity contribution in [2.75, 3.05) is 45.7 Å². The number of hydrogen-bond donors (Lipinski definition) is 1. The van der Waals surface area contributed by atoms with E-state index in [4.69, 9.17) is 4.98 Å². The van der Waals surface area contributed by atoms with E-state index in [-0.39, 0.29) is 0 Å². The van der Waals surface area contributed by atoms with Crippen LogP contribution in [0, 0.1) is 5.92 Å². The minimum atomic E-state index is 0.464. The number of aromatic nitrogens is 1. The lowest BCUT2D eigenvalue weighted by atomic mass is 10.1. The molecular formula is C17H30N4. The molecular weight excluding hydrogens is 260 g/mol. The van der Waals surface area contributed by atoms with Crippen LogP contribution in [0.4, 0.5) is 5.82 Å². The monoisotopic (exact) mass is 290 g/mol. The van der Waals surface area contributed by atoms with Crippen LogP contribution in [-0.2, 0) is 6.54 Å². The van der Waals surface area contributed by atoms with Gasteiger partial charge in [-0.05, 0) is 56.6 Å². The standard InChI is InChI=1S/C17H30N4/c1-13(2)16-8-15(10-18-3)9-17(19-16)21(5)12-14-6-7-20(4)11-14/h8-9,13-14,18H,6-7,10-12H2,1-5H3. The van der Waals surface area contributed by atoms with Crippen LogP contribution in [0.15, 0.2) is 12.1 Å². The van der Waals surface area contributed by atoms with E-state index in [0.29, 0.717) is 5.92 Å². The highest BCUT2D eigenvalue weighted by molar-refractivity contribution is 5.42. The second-order valence-corrected chi connectivity index (χ2v) is 6.74. The van der Waals surface area contributed by atoms with Crippen molar-refractivity contribution < 1.29 is 0 Å². The van der Waals surface area contributed by atoms with Crippen LogP contribution in [0.5, 0.6) is 0 Å². The Bertz CT molecular complexity index is 458. The molecule has 0 radical (unpaired) electrons. The molecule has 1 fully saturated rings. The van der Waals surface area contributed by atoms with Crippen molar-refractivity contribution in [1.82, 2.24) is 15.2 Å². The summed E-state index contributed by atoms with van der Waals surface area (Å²) in [6.45, 7) is 8.84. The van der Waals surface area contributed by atoms with Gasteiger partial charge in [-0.1, -0.05) is 13.8 Å². The van der Waals surface area contributed by atoms with E-state index in [1.807, 2.05) is 7.05 Å². The molecule has 0 spiro atoms. The molecule has 1 aliphatic rings. The van der Waals surface area contributed by atoms with Crippen LogP contribution in [-0.4, -0.2) is 50.7 Å². The van der Waals surface area contributed by atoms with Gasteiger partial charge in [-0.2, -0.15) is 0 Å². The smallest absolute Gasteiger partial charge is 0.128 e. The Labute approximate surface area is 129 Å². The first-order valence-electron chi connectivity index (χ1n) is 8.04. The molecule has 1 aromatic heterocycles. The molecule has 0 amide bonds. The number of anilines is 1. The van der Waals surface area contributed by atoms with Gasteiger partial charge in [0.25, 0.3) is 0 Å². The zero-order valence-corrected chi connectivity index (χ0v) is 14.2. The summed E-state index contributed by atoms with van der Waals surface area (Å²) in [7, 11) is 6.38. The predicted molar refractivity (Wildman–Crippen MR) is 90.0 cm³/mol. The molecule has 4 heteroatoms. The Morgan fingerprint density at radius 2 is 2.19 bits per heavy atom. The highest BCUT2D eigenvalue weighted by Crippen LogP contribution is 2.22. The first-order valence-corrected chi connectivity index (χ1v) is 8.04. The van der Waals surface area contributed by atoms with Crippen LogP contribution in [0.25, 0.3) is 0 Å². The molecule has 1 aliphatic heterocycles. The fraction of sp³-hybridized carbons (Fsp3) is 0.706. The van der Waals surface area contributed by atoms with E-state index in [2.05, 4.69) is 55.2 Å². The predicted octanol–water partition coefficient (Wildman–Crippen LogP) is 2.31. The molecule has 21 heavy (non-hydrogen) atoms. The van der Waals surface area contributed by atoms with E-state index < -0.39 is 0 Å². The van der Waals surface area contributed by atoms with Crippen LogP contribution in [0.2, 0.25) is 0 Å². The van der Waals surface area contributed by atoms with Crippen molar-refractivity contribution in [3.05, 3.63) is 23.4 Å². The summed E-state index contributed by atoms with van der Waals surface area (Å²) in [5.74, 6) is 2.34.